The third kappa shape index (κ3) is 4.06. The van der Waals surface area contributed by atoms with Gasteiger partial charge in [0.25, 0.3) is 0 Å². The summed E-state index contributed by atoms with van der Waals surface area (Å²) in [5.74, 6) is 0. The first-order valence-electron chi connectivity index (χ1n) is 4.28. The fraction of sp³-hybridized carbons (Fsp3) is 0.600. The SMILES string of the molecule is C=C/C=C\[C@@](C)(CCC)CN=O. The van der Waals surface area contributed by atoms with Crippen LogP contribution in [-0.2, 0) is 0 Å². The Hall–Kier alpha value is -0.920. The molecule has 68 valence electrons. The van der Waals surface area contributed by atoms with Crippen molar-refractivity contribution in [3.8, 4) is 0 Å². The maximum Gasteiger partial charge on any atom is 0.0899 e. The van der Waals surface area contributed by atoms with E-state index in [1.165, 1.54) is 0 Å². The van der Waals surface area contributed by atoms with Crippen LogP contribution < -0.4 is 0 Å². The molecule has 0 amide bonds. The molecule has 12 heavy (non-hydrogen) atoms. The summed E-state index contributed by atoms with van der Waals surface area (Å²) in [5, 5.41) is 2.94. The first kappa shape index (κ1) is 11.1. The molecule has 2 nitrogen and oxygen atoms in total. The van der Waals surface area contributed by atoms with Gasteiger partial charge in [-0.15, -0.1) is 0 Å². The summed E-state index contributed by atoms with van der Waals surface area (Å²) in [6.45, 7) is 8.08. The lowest BCUT2D eigenvalue weighted by Crippen LogP contribution is -2.16. The smallest absolute Gasteiger partial charge is 0.0899 e. The normalized spacial score (nSPS) is 15.8. The number of hydrogen-bond donors (Lipinski definition) is 0. The maximum absolute atomic E-state index is 10.1. The molecule has 0 aliphatic carbocycles. The topological polar surface area (TPSA) is 29.4 Å². The molecule has 0 N–H and O–H groups in total. The second-order valence-corrected chi connectivity index (χ2v) is 3.29. The fourth-order valence-corrected chi connectivity index (χ4v) is 1.23. The number of nitroso groups, excluding NO2 is 1. The van der Waals surface area contributed by atoms with E-state index < -0.39 is 0 Å². The third-order valence-corrected chi connectivity index (χ3v) is 1.88. The summed E-state index contributed by atoms with van der Waals surface area (Å²) in [6, 6.07) is 0. The Kier molecular flexibility index (Phi) is 5.26. The van der Waals surface area contributed by atoms with E-state index in [1.807, 2.05) is 19.1 Å². The first-order valence-corrected chi connectivity index (χ1v) is 4.28. The molecule has 0 unspecified atom stereocenters. The van der Waals surface area contributed by atoms with E-state index in [2.05, 4.69) is 18.7 Å². The van der Waals surface area contributed by atoms with Crippen LogP contribution in [0.2, 0.25) is 0 Å². The van der Waals surface area contributed by atoms with Crippen molar-refractivity contribution in [1.29, 1.82) is 0 Å². The van der Waals surface area contributed by atoms with Crippen LogP contribution in [0.3, 0.4) is 0 Å². The summed E-state index contributed by atoms with van der Waals surface area (Å²) < 4.78 is 0. The number of nitrogens with zero attached hydrogens (tertiary/aromatic N) is 1. The van der Waals surface area contributed by atoms with Crippen molar-refractivity contribution >= 4 is 0 Å². The van der Waals surface area contributed by atoms with Crippen molar-refractivity contribution < 1.29 is 0 Å². The summed E-state index contributed by atoms with van der Waals surface area (Å²) in [4.78, 5) is 10.1. The van der Waals surface area contributed by atoms with E-state index in [0.717, 1.165) is 12.8 Å². The van der Waals surface area contributed by atoms with Gasteiger partial charge in [0.1, 0.15) is 0 Å². The van der Waals surface area contributed by atoms with E-state index in [-0.39, 0.29) is 5.41 Å². The zero-order valence-corrected chi connectivity index (χ0v) is 7.92. The summed E-state index contributed by atoms with van der Waals surface area (Å²) in [5.41, 5.74) is -0.0787. The van der Waals surface area contributed by atoms with Gasteiger partial charge in [-0.2, -0.15) is 4.91 Å². The molecular formula is C10H17NO. The minimum absolute atomic E-state index is 0.0787. The van der Waals surface area contributed by atoms with Crippen molar-refractivity contribution in [1.82, 2.24) is 0 Å². The lowest BCUT2D eigenvalue weighted by molar-refractivity contribution is 0.399. The Labute approximate surface area is 74.3 Å². The highest BCUT2D eigenvalue weighted by atomic mass is 16.3. The highest BCUT2D eigenvalue weighted by Crippen LogP contribution is 2.25. The van der Waals surface area contributed by atoms with Crippen molar-refractivity contribution in [3.05, 3.63) is 29.7 Å². The van der Waals surface area contributed by atoms with Gasteiger partial charge in [0.2, 0.25) is 0 Å². The second-order valence-electron chi connectivity index (χ2n) is 3.29. The molecule has 0 rings (SSSR count). The Balaban J connectivity index is 4.25. The Morgan fingerprint density at radius 1 is 1.58 bits per heavy atom. The van der Waals surface area contributed by atoms with Gasteiger partial charge in [0, 0.05) is 5.41 Å². The second kappa shape index (κ2) is 5.70. The van der Waals surface area contributed by atoms with E-state index in [9.17, 15) is 4.91 Å². The molecule has 0 radical (unpaired) electrons. The molecule has 0 aromatic heterocycles. The average molecular weight is 167 g/mol. The predicted octanol–water partition coefficient (Wildman–Crippen LogP) is 3.30. The molecule has 0 aliphatic rings. The average Bonchev–Trinajstić information content (AvgIpc) is 2.02. The van der Waals surface area contributed by atoms with Gasteiger partial charge in [-0.25, -0.2) is 0 Å². The van der Waals surface area contributed by atoms with Gasteiger partial charge in [0.15, 0.2) is 0 Å². The van der Waals surface area contributed by atoms with E-state index in [1.54, 1.807) is 6.08 Å². The van der Waals surface area contributed by atoms with Crippen LogP contribution in [0.15, 0.2) is 30.0 Å². The van der Waals surface area contributed by atoms with Crippen molar-refractivity contribution in [2.24, 2.45) is 10.6 Å². The van der Waals surface area contributed by atoms with E-state index in [0.29, 0.717) is 6.54 Å². The van der Waals surface area contributed by atoms with Crippen LogP contribution in [0.25, 0.3) is 0 Å². The molecule has 0 bridgehead atoms. The molecule has 0 saturated carbocycles. The van der Waals surface area contributed by atoms with Crippen LogP contribution in [-0.4, -0.2) is 6.54 Å². The van der Waals surface area contributed by atoms with Gasteiger partial charge in [-0.05, 0) is 6.42 Å². The molecule has 0 heterocycles. The molecule has 2 heteroatoms. The van der Waals surface area contributed by atoms with Crippen LogP contribution >= 0.6 is 0 Å². The predicted molar refractivity (Wildman–Crippen MR) is 53.0 cm³/mol. The number of hydrogen-bond acceptors (Lipinski definition) is 2. The monoisotopic (exact) mass is 167 g/mol. The summed E-state index contributed by atoms with van der Waals surface area (Å²) >= 11 is 0. The van der Waals surface area contributed by atoms with Crippen LogP contribution in [0, 0.1) is 10.3 Å². The number of allylic oxidation sites excluding steroid dienone is 2. The summed E-state index contributed by atoms with van der Waals surface area (Å²) in [6.07, 6.45) is 7.65. The van der Waals surface area contributed by atoms with Crippen LogP contribution in [0.5, 0.6) is 0 Å². The lowest BCUT2D eigenvalue weighted by atomic mass is 9.85. The fourth-order valence-electron chi connectivity index (χ4n) is 1.23. The zero-order valence-electron chi connectivity index (χ0n) is 7.92. The van der Waals surface area contributed by atoms with Gasteiger partial charge in [-0.3, -0.25) is 0 Å². The highest BCUT2D eigenvalue weighted by molar-refractivity contribution is 5.05. The molecule has 0 aromatic carbocycles. The Morgan fingerprint density at radius 2 is 2.25 bits per heavy atom. The third-order valence-electron chi connectivity index (χ3n) is 1.88. The van der Waals surface area contributed by atoms with Gasteiger partial charge >= 0.3 is 0 Å². The minimum Gasteiger partial charge on any atom is -0.151 e. The Morgan fingerprint density at radius 3 is 2.67 bits per heavy atom. The van der Waals surface area contributed by atoms with Crippen molar-refractivity contribution in [2.75, 3.05) is 6.54 Å². The van der Waals surface area contributed by atoms with Gasteiger partial charge in [-0.1, -0.05) is 50.3 Å². The summed E-state index contributed by atoms with van der Waals surface area (Å²) in [7, 11) is 0. The molecule has 0 aliphatic heterocycles. The molecule has 0 fully saturated rings. The lowest BCUT2D eigenvalue weighted by Gasteiger charge is -2.21. The van der Waals surface area contributed by atoms with E-state index in [4.69, 9.17) is 0 Å². The van der Waals surface area contributed by atoms with Crippen molar-refractivity contribution in [3.63, 3.8) is 0 Å². The maximum atomic E-state index is 10.1. The Bertz CT molecular complexity index is 175. The standard InChI is InChI=1S/C10H17NO/c1-4-6-8-10(3,7-5-2)9-11-12/h4,6,8H,1,5,7,9H2,2-3H3/b8-6-/t10-/m1/s1. The van der Waals surface area contributed by atoms with E-state index >= 15 is 0 Å². The first-order chi connectivity index (χ1) is 5.68. The molecule has 0 saturated heterocycles. The highest BCUT2D eigenvalue weighted by Gasteiger charge is 2.19. The van der Waals surface area contributed by atoms with Gasteiger partial charge < -0.3 is 0 Å². The molecule has 0 spiro atoms. The minimum atomic E-state index is -0.0787. The molecule has 1 atom stereocenters. The number of rotatable bonds is 6. The van der Waals surface area contributed by atoms with Crippen LogP contribution in [0.4, 0.5) is 0 Å². The largest absolute Gasteiger partial charge is 0.151 e. The quantitative estimate of drug-likeness (QED) is 0.441. The van der Waals surface area contributed by atoms with Crippen LogP contribution in [0.1, 0.15) is 26.7 Å². The van der Waals surface area contributed by atoms with Crippen molar-refractivity contribution in [2.45, 2.75) is 26.7 Å². The van der Waals surface area contributed by atoms with Gasteiger partial charge in [0.05, 0.1) is 6.54 Å². The molecule has 0 aromatic rings. The zero-order chi connectivity index (χ0) is 9.45. The molecular weight excluding hydrogens is 150 g/mol.